The summed E-state index contributed by atoms with van der Waals surface area (Å²) in [5.74, 6) is 0.720. The minimum Gasteiger partial charge on any atom is -0.337 e. The van der Waals surface area contributed by atoms with Crippen molar-refractivity contribution in [3.8, 4) is 0 Å². The van der Waals surface area contributed by atoms with Crippen LogP contribution in [0.4, 0.5) is 0 Å². The van der Waals surface area contributed by atoms with Crippen LogP contribution in [0.5, 0.6) is 0 Å². The summed E-state index contributed by atoms with van der Waals surface area (Å²) in [5, 5.41) is 7.27. The van der Waals surface area contributed by atoms with E-state index in [0.717, 1.165) is 36.2 Å². The first kappa shape index (κ1) is 15.9. The maximum atomic E-state index is 12.8. The number of benzene rings is 1. The molecular weight excluding hydrogens is 314 g/mol. The Morgan fingerprint density at radius 3 is 3.00 bits per heavy atom. The number of H-pyrrole nitrogens is 1. The number of fused-ring (bicyclic) bond motifs is 1. The third-order valence-corrected chi connectivity index (χ3v) is 4.67. The maximum Gasteiger partial charge on any atom is 0.274 e. The smallest absolute Gasteiger partial charge is 0.274 e. The quantitative estimate of drug-likeness (QED) is 0.720. The Kier molecular flexibility index (Phi) is 4.26. The predicted octanol–water partition coefficient (Wildman–Crippen LogP) is 3.07. The van der Waals surface area contributed by atoms with Crippen LogP contribution in [0.1, 0.15) is 42.4 Å². The van der Waals surface area contributed by atoms with E-state index in [-0.39, 0.29) is 5.91 Å². The molecule has 130 valence electrons. The van der Waals surface area contributed by atoms with Gasteiger partial charge in [0.25, 0.3) is 5.91 Å². The van der Waals surface area contributed by atoms with Gasteiger partial charge in [-0.3, -0.25) is 9.89 Å². The van der Waals surface area contributed by atoms with Crippen molar-refractivity contribution in [2.24, 2.45) is 5.92 Å². The number of nitrogens with zero attached hydrogens (tertiary/aromatic N) is 4. The van der Waals surface area contributed by atoms with Gasteiger partial charge >= 0.3 is 0 Å². The Labute approximate surface area is 146 Å². The molecule has 0 aliphatic heterocycles. The highest BCUT2D eigenvalue weighted by Gasteiger charge is 2.27. The average molecular weight is 337 g/mol. The second kappa shape index (κ2) is 6.70. The Hall–Kier alpha value is -2.63. The number of carbonyl (C=O) groups is 1. The molecule has 1 N–H and O–H groups in total. The zero-order chi connectivity index (χ0) is 17.2. The van der Waals surface area contributed by atoms with Crippen LogP contribution in [0.25, 0.3) is 11.0 Å². The largest absolute Gasteiger partial charge is 0.337 e. The van der Waals surface area contributed by atoms with Gasteiger partial charge in [-0.15, -0.1) is 0 Å². The molecule has 1 aliphatic carbocycles. The van der Waals surface area contributed by atoms with Gasteiger partial charge in [-0.2, -0.15) is 5.10 Å². The van der Waals surface area contributed by atoms with Gasteiger partial charge in [0.05, 0.1) is 29.6 Å². The van der Waals surface area contributed by atoms with Crippen LogP contribution in [-0.4, -0.2) is 43.6 Å². The number of aromatic amines is 1. The fraction of sp³-hybridized carbons (Fsp3) is 0.421. The molecule has 1 fully saturated rings. The second-order valence-corrected chi connectivity index (χ2v) is 6.83. The van der Waals surface area contributed by atoms with Gasteiger partial charge in [-0.1, -0.05) is 19.1 Å². The first-order valence-corrected chi connectivity index (χ1v) is 8.98. The minimum atomic E-state index is 0.0340. The molecule has 0 bridgehead atoms. The zero-order valence-corrected chi connectivity index (χ0v) is 14.5. The van der Waals surface area contributed by atoms with Gasteiger partial charge < -0.3 is 9.47 Å². The van der Waals surface area contributed by atoms with E-state index in [1.807, 2.05) is 41.6 Å². The van der Waals surface area contributed by atoms with Crippen molar-refractivity contribution >= 4 is 16.9 Å². The number of hydrogen-bond acceptors (Lipinski definition) is 3. The number of hydrogen-bond donors (Lipinski definition) is 1. The van der Waals surface area contributed by atoms with Crippen molar-refractivity contribution in [2.75, 3.05) is 13.1 Å². The van der Waals surface area contributed by atoms with E-state index in [9.17, 15) is 4.79 Å². The summed E-state index contributed by atoms with van der Waals surface area (Å²) in [7, 11) is 0. The highest BCUT2D eigenvalue weighted by atomic mass is 16.2. The molecule has 0 unspecified atom stereocenters. The van der Waals surface area contributed by atoms with Crippen molar-refractivity contribution in [3.05, 3.63) is 48.0 Å². The lowest BCUT2D eigenvalue weighted by Crippen LogP contribution is -2.33. The van der Waals surface area contributed by atoms with Gasteiger partial charge in [-0.25, -0.2) is 4.98 Å². The molecule has 1 aliphatic rings. The summed E-state index contributed by atoms with van der Waals surface area (Å²) in [6.07, 6.45) is 5.28. The molecule has 4 rings (SSSR count). The first-order valence-electron chi connectivity index (χ1n) is 8.98. The van der Waals surface area contributed by atoms with E-state index < -0.39 is 0 Å². The summed E-state index contributed by atoms with van der Waals surface area (Å²) in [5.41, 5.74) is 3.46. The van der Waals surface area contributed by atoms with E-state index in [2.05, 4.69) is 26.7 Å². The van der Waals surface area contributed by atoms with E-state index in [1.54, 1.807) is 0 Å². The lowest BCUT2D eigenvalue weighted by Gasteiger charge is -2.20. The van der Waals surface area contributed by atoms with Gasteiger partial charge in [0.2, 0.25) is 0 Å². The summed E-state index contributed by atoms with van der Waals surface area (Å²) in [6, 6.07) is 9.89. The summed E-state index contributed by atoms with van der Waals surface area (Å²) >= 11 is 0. The van der Waals surface area contributed by atoms with E-state index in [1.165, 1.54) is 12.8 Å². The molecule has 2 aromatic heterocycles. The number of nitrogens with one attached hydrogen (secondary N) is 1. The van der Waals surface area contributed by atoms with Crippen molar-refractivity contribution in [3.63, 3.8) is 0 Å². The molecule has 1 saturated carbocycles. The molecule has 2 heterocycles. The summed E-state index contributed by atoms with van der Waals surface area (Å²) in [4.78, 5) is 19.1. The van der Waals surface area contributed by atoms with Crippen LogP contribution in [-0.2, 0) is 6.54 Å². The van der Waals surface area contributed by atoms with Crippen molar-refractivity contribution in [2.45, 2.75) is 32.7 Å². The Bertz CT molecular complexity index is 877. The fourth-order valence-corrected chi connectivity index (χ4v) is 3.19. The lowest BCUT2D eigenvalue weighted by molar-refractivity contribution is 0.0741. The predicted molar refractivity (Wildman–Crippen MR) is 96.3 cm³/mol. The third-order valence-electron chi connectivity index (χ3n) is 4.67. The third kappa shape index (κ3) is 3.43. The SMILES string of the molecule is CCCN(CC1CC1)C(=O)c1cc(Cn2cnc3ccccc32)[nH]n1. The zero-order valence-electron chi connectivity index (χ0n) is 14.5. The molecule has 0 radical (unpaired) electrons. The van der Waals surface area contributed by atoms with E-state index in [4.69, 9.17) is 0 Å². The minimum absolute atomic E-state index is 0.0340. The van der Waals surface area contributed by atoms with E-state index in [0.29, 0.717) is 18.2 Å². The number of amides is 1. The summed E-state index contributed by atoms with van der Waals surface area (Å²) in [6.45, 7) is 4.38. The normalized spacial score (nSPS) is 14.1. The Balaban J connectivity index is 1.50. The maximum absolute atomic E-state index is 12.8. The van der Waals surface area contributed by atoms with Gasteiger partial charge in [0, 0.05) is 13.1 Å². The number of imidazole rings is 1. The number of carbonyl (C=O) groups excluding carboxylic acids is 1. The summed E-state index contributed by atoms with van der Waals surface area (Å²) < 4.78 is 2.06. The lowest BCUT2D eigenvalue weighted by atomic mass is 10.2. The Morgan fingerprint density at radius 1 is 1.36 bits per heavy atom. The van der Waals surface area contributed by atoms with Crippen molar-refractivity contribution in [1.82, 2.24) is 24.6 Å². The van der Waals surface area contributed by atoms with Crippen LogP contribution in [0.2, 0.25) is 0 Å². The molecule has 1 amide bonds. The molecule has 0 atom stereocenters. The topological polar surface area (TPSA) is 66.8 Å². The molecule has 3 aromatic rings. The molecule has 0 saturated heterocycles. The standard InChI is InChI=1S/C19H23N5O/c1-2-9-23(11-14-7-8-14)19(25)17-10-15(21-22-17)12-24-13-20-16-5-3-4-6-18(16)24/h3-6,10,13-14H,2,7-9,11-12H2,1H3,(H,21,22). The van der Waals surface area contributed by atoms with Crippen LogP contribution in [0.3, 0.4) is 0 Å². The van der Waals surface area contributed by atoms with Crippen molar-refractivity contribution in [1.29, 1.82) is 0 Å². The molecule has 1 aromatic carbocycles. The van der Waals surface area contributed by atoms with Crippen LogP contribution in [0.15, 0.2) is 36.7 Å². The fourth-order valence-electron chi connectivity index (χ4n) is 3.19. The molecule has 6 nitrogen and oxygen atoms in total. The molecular formula is C19H23N5O. The van der Waals surface area contributed by atoms with Crippen LogP contribution in [0, 0.1) is 5.92 Å². The highest BCUT2D eigenvalue weighted by Crippen LogP contribution is 2.30. The molecule has 0 spiro atoms. The average Bonchev–Trinajstić information content (AvgIpc) is 3.17. The highest BCUT2D eigenvalue weighted by molar-refractivity contribution is 5.92. The number of para-hydroxylation sites is 2. The van der Waals surface area contributed by atoms with Crippen LogP contribution < -0.4 is 0 Å². The van der Waals surface area contributed by atoms with Gasteiger partial charge in [0.1, 0.15) is 5.69 Å². The van der Waals surface area contributed by atoms with Crippen LogP contribution >= 0.6 is 0 Å². The Morgan fingerprint density at radius 2 is 2.20 bits per heavy atom. The number of aromatic nitrogens is 4. The second-order valence-electron chi connectivity index (χ2n) is 6.83. The first-order chi connectivity index (χ1) is 12.2. The van der Waals surface area contributed by atoms with Gasteiger partial charge in [0.15, 0.2) is 0 Å². The van der Waals surface area contributed by atoms with E-state index >= 15 is 0 Å². The van der Waals surface area contributed by atoms with Gasteiger partial charge in [-0.05, 0) is 43.4 Å². The number of rotatable bonds is 7. The molecule has 25 heavy (non-hydrogen) atoms. The van der Waals surface area contributed by atoms with Crippen molar-refractivity contribution < 1.29 is 4.79 Å². The molecule has 6 heteroatoms. The monoisotopic (exact) mass is 337 g/mol.